The first-order valence-electron chi connectivity index (χ1n) is 7.77. The fraction of sp³-hybridized carbons (Fsp3) is 0.222. The zero-order chi connectivity index (χ0) is 18.6. The Labute approximate surface area is 147 Å². The Balaban J connectivity index is 2.18. The van der Waals surface area contributed by atoms with Crippen molar-refractivity contribution in [2.75, 3.05) is 5.32 Å². The molecule has 0 saturated carbocycles. The molecule has 2 aromatic rings. The largest absolute Gasteiger partial charge is 0.326 e. The van der Waals surface area contributed by atoms with Gasteiger partial charge in [0, 0.05) is 17.7 Å². The summed E-state index contributed by atoms with van der Waals surface area (Å²) in [5.74, 6) is -0.848. The fourth-order valence-corrected chi connectivity index (χ4v) is 3.24. The van der Waals surface area contributed by atoms with Crippen LogP contribution < -0.4 is 10.0 Å². The third kappa shape index (κ3) is 4.67. The lowest BCUT2D eigenvalue weighted by Gasteiger charge is -2.10. The monoisotopic (exact) mass is 360 g/mol. The normalized spacial score (nSPS) is 11.0. The van der Waals surface area contributed by atoms with Crippen molar-refractivity contribution in [3.05, 3.63) is 59.2 Å². The fourth-order valence-electron chi connectivity index (χ4n) is 2.27. The van der Waals surface area contributed by atoms with Crippen LogP contribution in [-0.4, -0.2) is 20.2 Å². The van der Waals surface area contributed by atoms with Crippen LogP contribution in [0.4, 0.5) is 5.69 Å². The maximum atomic E-state index is 12.4. The summed E-state index contributed by atoms with van der Waals surface area (Å²) in [5, 5.41) is 2.63. The van der Waals surface area contributed by atoms with E-state index in [9.17, 15) is 18.0 Å². The van der Waals surface area contributed by atoms with Crippen molar-refractivity contribution >= 4 is 27.5 Å². The van der Waals surface area contributed by atoms with Crippen molar-refractivity contribution in [1.82, 2.24) is 4.72 Å². The minimum atomic E-state index is -4.00. The zero-order valence-corrected chi connectivity index (χ0v) is 15.1. The van der Waals surface area contributed by atoms with E-state index in [1.165, 1.54) is 24.3 Å². The first kappa shape index (κ1) is 18.7. The number of hydrogen-bond donors (Lipinski definition) is 2. The number of aryl methyl sites for hydroxylation is 2. The summed E-state index contributed by atoms with van der Waals surface area (Å²) in [4.78, 5) is 23.5. The van der Waals surface area contributed by atoms with Gasteiger partial charge in [-0.05, 0) is 49.7 Å². The van der Waals surface area contributed by atoms with E-state index in [0.29, 0.717) is 23.2 Å². The summed E-state index contributed by atoms with van der Waals surface area (Å²) >= 11 is 0. The number of carbonyl (C=O) groups is 2. The SMILES string of the molecule is CCC(=O)Nc1ccc(S(=O)(=O)NC(=O)c2ccc(C)cc2C)cc1. The molecule has 2 rings (SSSR count). The second-order valence-corrected chi connectivity index (χ2v) is 7.36. The Morgan fingerprint density at radius 2 is 1.64 bits per heavy atom. The number of sulfonamides is 1. The average molecular weight is 360 g/mol. The molecule has 25 heavy (non-hydrogen) atoms. The lowest BCUT2D eigenvalue weighted by Crippen LogP contribution is -2.31. The quantitative estimate of drug-likeness (QED) is 0.857. The van der Waals surface area contributed by atoms with Gasteiger partial charge in [-0.1, -0.05) is 24.6 Å². The Hall–Kier alpha value is -2.67. The highest BCUT2D eigenvalue weighted by molar-refractivity contribution is 7.90. The van der Waals surface area contributed by atoms with E-state index >= 15 is 0 Å². The molecule has 0 spiro atoms. The first-order chi connectivity index (χ1) is 11.7. The summed E-state index contributed by atoms with van der Waals surface area (Å²) in [5.41, 5.74) is 2.49. The Kier molecular flexibility index (Phi) is 5.58. The van der Waals surface area contributed by atoms with Gasteiger partial charge in [0.2, 0.25) is 5.91 Å². The van der Waals surface area contributed by atoms with Crippen LogP contribution in [0.25, 0.3) is 0 Å². The highest BCUT2D eigenvalue weighted by Crippen LogP contribution is 2.16. The number of hydrogen-bond acceptors (Lipinski definition) is 4. The molecule has 2 N–H and O–H groups in total. The van der Waals surface area contributed by atoms with Gasteiger partial charge in [0.05, 0.1) is 4.90 Å². The molecule has 2 aromatic carbocycles. The number of amides is 2. The van der Waals surface area contributed by atoms with Crippen molar-refractivity contribution in [3.63, 3.8) is 0 Å². The second-order valence-electron chi connectivity index (χ2n) is 5.68. The summed E-state index contributed by atoms with van der Waals surface area (Å²) < 4.78 is 26.8. The molecule has 0 aliphatic rings. The predicted molar refractivity (Wildman–Crippen MR) is 95.9 cm³/mol. The van der Waals surface area contributed by atoms with Gasteiger partial charge in [0.15, 0.2) is 0 Å². The molecular formula is C18H20N2O4S. The lowest BCUT2D eigenvalue weighted by molar-refractivity contribution is -0.115. The van der Waals surface area contributed by atoms with Crippen LogP contribution >= 0.6 is 0 Å². The number of anilines is 1. The van der Waals surface area contributed by atoms with Crippen LogP contribution in [0.1, 0.15) is 34.8 Å². The second kappa shape index (κ2) is 7.48. The number of carbonyl (C=O) groups excluding carboxylic acids is 2. The molecule has 0 saturated heterocycles. The maximum absolute atomic E-state index is 12.4. The molecule has 0 radical (unpaired) electrons. The summed E-state index contributed by atoms with van der Waals surface area (Å²) in [6.07, 6.45) is 0.325. The van der Waals surface area contributed by atoms with E-state index in [2.05, 4.69) is 10.0 Å². The molecule has 7 heteroatoms. The Bertz CT molecular complexity index is 903. The minimum Gasteiger partial charge on any atom is -0.326 e. The van der Waals surface area contributed by atoms with E-state index in [0.717, 1.165) is 5.56 Å². The molecule has 0 heterocycles. The number of benzene rings is 2. The molecule has 0 bridgehead atoms. The van der Waals surface area contributed by atoms with Crippen LogP contribution in [0.2, 0.25) is 0 Å². The molecular weight excluding hydrogens is 340 g/mol. The van der Waals surface area contributed by atoms with Crippen LogP contribution in [-0.2, 0) is 14.8 Å². The molecule has 0 aromatic heterocycles. The Morgan fingerprint density at radius 1 is 1.00 bits per heavy atom. The molecule has 0 fully saturated rings. The smallest absolute Gasteiger partial charge is 0.265 e. The Morgan fingerprint density at radius 3 is 2.20 bits per heavy atom. The van der Waals surface area contributed by atoms with Gasteiger partial charge in [-0.3, -0.25) is 9.59 Å². The van der Waals surface area contributed by atoms with E-state index < -0.39 is 15.9 Å². The summed E-state index contributed by atoms with van der Waals surface area (Å²) in [6.45, 7) is 5.36. The molecule has 2 amide bonds. The van der Waals surface area contributed by atoms with Gasteiger partial charge >= 0.3 is 0 Å². The van der Waals surface area contributed by atoms with Gasteiger partial charge < -0.3 is 5.32 Å². The first-order valence-corrected chi connectivity index (χ1v) is 9.25. The van der Waals surface area contributed by atoms with Crippen molar-refractivity contribution in [2.45, 2.75) is 32.1 Å². The van der Waals surface area contributed by atoms with Gasteiger partial charge in [-0.2, -0.15) is 0 Å². The van der Waals surface area contributed by atoms with Crippen LogP contribution in [0.5, 0.6) is 0 Å². The average Bonchev–Trinajstić information content (AvgIpc) is 2.54. The highest BCUT2D eigenvalue weighted by atomic mass is 32.2. The molecule has 132 valence electrons. The summed E-state index contributed by atoms with van der Waals surface area (Å²) in [7, 11) is -4.00. The predicted octanol–water partition coefficient (Wildman–Crippen LogP) is 2.77. The third-order valence-corrected chi connectivity index (χ3v) is 4.97. The summed E-state index contributed by atoms with van der Waals surface area (Å²) in [6, 6.07) is 10.8. The minimum absolute atomic E-state index is 0.0555. The van der Waals surface area contributed by atoms with Gasteiger partial charge in [-0.25, -0.2) is 13.1 Å². The molecule has 0 unspecified atom stereocenters. The standard InChI is InChI=1S/C18H20N2O4S/c1-4-17(21)19-14-6-8-15(9-7-14)25(23,24)20-18(22)16-10-5-12(2)11-13(16)3/h5-11H,4H2,1-3H3,(H,19,21)(H,20,22). The van der Waals surface area contributed by atoms with Gasteiger partial charge in [0.1, 0.15) is 0 Å². The third-order valence-electron chi connectivity index (χ3n) is 3.62. The number of nitrogens with one attached hydrogen (secondary N) is 2. The van der Waals surface area contributed by atoms with Gasteiger partial charge in [0.25, 0.3) is 15.9 Å². The zero-order valence-electron chi connectivity index (χ0n) is 14.3. The molecule has 0 aliphatic heterocycles. The van der Waals surface area contributed by atoms with E-state index in [1.807, 2.05) is 13.0 Å². The van der Waals surface area contributed by atoms with Crippen molar-refractivity contribution in [3.8, 4) is 0 Å². The molecule has 0 atom stereocenters. The van der Waals surface area contributed by atoms with E-state index in [4.69, 9.17) is 0 Å². The van der Waals surface area contributed by atoms with E-state index in [-0.39, 0.29) is 10.8 Å². The van der Waals surface area contributed by atoms with Crippen molar-refractivity contribution in [2.24, 2.45) is 0 Å². The van der Waals surface area contributed by atoms with Crippen molar-refractivity contribution in [1.29, 1.82) is 0 Å². The van der Waals surface area contributed by atoms with Crippen LogP contribution in [0.3, 0.4) is 0 Å². The topological polar surface area (TPSA) is 92.3 Å². The lowest BCUT2D eigenvalue weighted by atomic mass is 10.1. The molecule has 0 aliphatic carbocycles. The van der Waals surface area contributed by atoms with Crippen molar-refractivity contribution < 1.29 is 18.0 Å². The van der Waals surface area contributed by atoms with Gasteiger partial charge in [-0.15, -0.1) is 0 Å². The maximum Gasteiger partial charge on any atom is 0.265 e. The molecule has 6 nitrogen and oxygen atoms in total. The van der Waals surface area contributed by atoms with Crippen LogP contribution in [0, 0.1) is 13.8 Å². The van der Waals surface area contributed by atoms with E-state index in [1.54, 1.807) is 26.0 Å². The number of rotatable bonds is 5. The van der Waals surface area contributed by atoms with Crippen LogP contribution in [0.15, 0.2) is 47.4 Å². The highest BCUT2D eigenvalue weighted by Gasteiger charge is 2.19.